The molecule has 3 saturated heterocycles. The zero-order valence-electron chi connectivity index (χ0n) is 19.7. The molecule has 0 aliphatic carbocycles. The Morgan fingerprint density at radius 3 is 1.70 bits per heavy atom. The average molecular weight is 545 g/mol. The third-order valence-corrected chi connectivity index (χ3v) is 6.49. The minimum absolute atomic E-state index is 0.694. The van der Waals surface area contributed by atoms with E-state index >= 15 is 0 Å². The van der Waals surface area contributed by atoms with Gasteiger partial charge < -0.3 is 80.1 Å². The summed E-state index contributed by atoms with van der Waals surface area (Å²) in [5, 5.41) is 103. The van der Waals surface area contributed by atoms with E-state index in [1.165, 1.54) is 0 Å². The monoisotopic (exact) mass is 545 g/mol. The van der Waals surface area contributed by atoms with E-state index in [2.05, 4.69) is 5.32 Å². The van der Waals surface area contributed by atoms with E-state index in [4.69, 9.17) is 23.7 Å². The van der Waals surface area contributed by atoms with Gasteiger partial charge in [-0.25, -0.2) is 0 Å². The van der Waals surface area contributed by atoms with E-state index in [0.717, 1.165) is 6.92 Å². The zero-order valence-corrected chi connectivity index (χ0v) is 19.7. The van der Waals surface area contributed by atoms with Crippen LogP contribution >= 0.6 is 0 Å². The van der Waals surface area contributed by atoms with Gasteiger partial charge in [-0.2, -0.15) is 0 Å². The van der Waals surface area contributed by atoms with Crippen LogP contribution in [0.15, 0.2) is 0 Å². The van der Waals surface area contributed by atoms with Crippen molar-refractivity contribution in [2.75, 3.05) is 19.8 Å². The van der Waals surface area contributed by atoms with Crippen LogP contribution in [0.5, 0.6) is 0 Å². The molecular formula is C20H35NO16. The Morgan fingerprint density at radius 1 is 0.649 bits per heavy atom. The summed E-state index contributed by atoms with van der Waals surface area (Å²) in [6, 6.07) is -1.48. The van der Waals surface area contributed by atoms with E-state index in [0.29, 0.717) is 0 Å². The number of hydrogen-bond acceptors (Lipinski definition) is 16. The van der Waals surface area contributed by atoms with Crippen LogP contribution in [0.3, 0.4) is 0 Å². The number of nitrogens with one attached hydrogen (secondary N) is 1. The van der Waals surface area contributed by atoms with Gasteiger partial charge in [-0.05, 0) is 0 Å². The highest BCUT2D eigenvalue weighted by molar-refractivity contribution is 5.73. The highest BCUT2D eigenvalue weighted by Gasteiger charge is 2.54. The Balaban J connectivity index is 1.90. The molecular weight excluding hydrogens is 510 g/mol. The van der Waals surface area contributed by atoms with Crippen molar-refractivity contribution in [1.29, 1.82) is 0 Å². The molecule has 216 valence electrons. The number of hydrogen-bond donors (Lipinski definition) is 11. The lowest BCUT2D eigenvalue weighted by Gasteiger charge is -2.49. The first-order valence-corrected chi connectivity index (χ1v) is 11.6. The molecule has 3 fully saturated rings. The van der Waals surface area contributed by atoms with Crippen molar-refractivity contribution in [3.8, 4) is 0 Å². The molecule has 0 aromatic rings. The second-order valence-electron chi connectivity index (χ2n) is 9.07. The molecule has 17 heteroatoms. The lowest BCUT2D eigenvalue weighted by atomic mass is 9.94. The third-order valence-electron chi connectivity index (χ3n) is 6.49. The van der Waals surface area contributed by atoms with Crippen molar-refractivity contribution in [2.24, 2.45) is 0 Å². The fourth-order valence-electron chi connectivity index (χ4n) is 4.45. The summed E-state index contributed by atoms with van der Waals surface area (Å²) in [6.45, 7) is -1.25. The molecule has 0 bridgehead atoms. The van der Waals surface area contributed by atoms with Crippen LogP contribution in [0, 0.1) is 0 Å². The van der Waals surface area contributed by atoms with Crippen LogP contribution in [0.2, 0.25) is 0 Å². The summed E-state index contributed by atoms with van der Waals surface area (Å²) < 4.78 is 27.1. The van der Waals surface area contributed by atoms with Crippen molar-refractivity contribution < 1.29 is 79.5 Å². The van der Waals surface area contributed by atoms with E-state index in [1.807, 2.05) is 0 Å². The number of aliphatic hydroxyl groups is 10. The molecule has 1 amide bonds. The molecule has 0 spiro atoms. The number of aliphatic hydroxyl groups excluding tert-OH is 10. The summed E-state index contributed by atoms with van der Waals surface area (Å²) in [7, 11) is 0. The summed E-state index contributed by atoms with van der Waals surface area (Å²) >= 11 is 0. The topological polar surface area (TPSA) is 278 Å². The number of amides is 1. The molecule has 0 saturated carbocycles. The highest BCUT2D eigenvalue weighted by Crippen LogP contribution is 2.32. The Morgan fingerprint density at radius 2 is 1.14 bits per heavy atom. The fraction of sp³-hybridized carbons (Fsp3) is 0.950. The molecule has 0 aromatic heterocycles. The predicted octanol–water partition coefficient (Wildman–Crippen LogP) is -7.43. The van der Waals surface area contributed by atoms with E-state index < -0.39 is 118 Å². The lowest BCUT2D eigenvalue weighted by Crippen LogP contribution is -2.69. The van der Waals surface area contributed by atoms with Crippen molar-refractivity contribution >= 4 is 5.91 Å². The van der Waals surface area contributed by atoms with E-state index in [-0.39, 0.29) is 0 Å². The van der Waals surface area contributed by atoms with Crippen molar-refractivity contribution in [3.05, 3.63) is 0 Å². The molecule has 1 unspecified atom stereocenters. The Kier molecular flexibility index (Phi) is 10.5. The SMILES string of the molecule is CC(=O)N[C@H]1[C@H](O[C@H]2[C@@H](O)[C@@H](CO)OC(O)[C@@H]2O)O[C@H](CO)[C@@H](O)[C@@H]1O[C@@H]1O[C@H](CO)[C@H](O)[C@H](O)[C@H]1O. The first-order valence-electron chi connectivity index (χ1n) is 11.6. The summed E-state index contributed by atoms with van der Waals surface area (Å²) in [4.78, 5) is 12.0. The van der Waals surface area contributed by atoms with Crippen LogP contribution in [0.25, 0.3) is 0 Å². The summed E-state index contributed by atoms with van der Waals surface area (Å²) in [5.41, 5.74) is 0. The maximum Gasteiger partial charge on any atom is 0.217 e. The standard InChI is InChI=1S/C20H35NO16/c1-5(25)21-9-16(36-20-14(30)13(29)10(26)6(2-22)35-20)11(27)8(4-24)34-19(9)37-17-12(28)7(3-23)33-18(32)15(17)31/h6-20,22-24,26-32H,2-4H2,1H3,(H,21,25)/t6-,7-,8-,9-,10+,11-,12+,13+,14-,15-,16-,17+,18?,19+,20+/m1/s1. The van der Waals surface area contributed by atoms with Gasteiger partial charge in [-0.1, -0.05) is 0 Å². The average Bonchev–Trinajstić information content (AvgIpc) is 2.86. The Bertz CT molecular complexity index is 745. The first kappa shape index (κ1) is 30.4. The quantitative estimate of drug-likeness (QED) is 0.135. The molecule has 3 rings (SSSR count). The van der Waals surface area contributed by atoms with Crippen LogP contribution in [-0.2, 0) is 28.5 Å². The van der Waals surface area contributed by atoms with Gasteiger partial charge in [0.2, 0.25) is 5.91 Å². The van der Waals surface area contributed by atoms with Crippen molar-refractivity contribution in [2.45, 2.75) is 99.0 Å². The van der Waals surface area contributed by atoms with Gasteiger partial charge in [0.05, 0.1) is 19.8 Å². The number of ether oxygens (including phenoxy) is 5. The normalized spacial score (nSPS) is 49.0. The number of carbonyl (C=O) groups excluding carboxylic acids is 1. The maximum absolute atomic E-state index is 12.0. The van der Waals surface area contributed by atoms with Crippen LogP contribution in [0.4, 0.5) is 0 Å². The minimum Gasteiger partial charge on any atom is -0.394 e. The van der Waals surface area contributed by atoms with Crippen LogP contribution in [0.1, 0.15) is 6.92 Å². The minimum atomic E-state index is -1.88. The van der Waals surface area contributed by atoms with Gasteiger partial charge in [0, 0.05) is 6.92 Å². The predicted molar refractivity (Wildman–Crippen MR) is 113 cm³/mol. The van der Waals surface area contributed by atoms with E-state index in [1.54, 1.807) is 0 Å². The van der Waals surface area contributed by atoms with Gasteiger partial charge in [-0.3, -0.25) is 4.79 Å². The third kappa shape index (κ3) is 6.38. The smallest absolute Gasteiger partial charge is 0.217 e. The Hall–Kier alpha value is -1.13. The molecule has 37 heavy (non-hydrogen) atoms. The molecule has 0 aromatic carbocycles. The van der Waals surface area contributed by atoms with Gasteiger partial charge in [-0.15, -0.1) is 0 Å². The summed E-state index contributed by atoms with van der Waals surface area (Å²) in [6.07, 6.45) is -23.4. The molecule has 15 atom stereocenters. The van der Waals surface area contributed by atoms with E-state index in [9.17, 15) is 55.9 Å². The second-order valence-corrected chi connectivity index (χ2v) is 9.07. The number of rotatable bonds is 8. The highest BCUT2D eigenvalue weighted by atomic mass is 16.7. The first-order chi connectivity index (χ1) is 17.4. The molecule has 17 nitrogen and oxygen atoms in total. The fourth-order valence-corrected chi connectivity index (χ4v) is 4.45. The maximum atomic E-state index is 12.0. The molecule has 3 heterocycles. The Labute approximate surface area is 210 Å². The van der Waals surface area contributed by atoms with Crippen LogP contribution in [-0.4, -0.2) is 169 Å². The molecule has 3 aliphatic heterocycles. The van der Waals surface area contributed by atoms with Crippen molar-refractivity contribution in [1.82, 2.24) is 5.32 Å². The lowest BCUT2D eigenvalue weighted by molar-refractivity contribution is -0.363. The second kappa shape index (κ2) is 12.8. The van der Waals surface area contributed by atoms with Crippen molar-refractivity contribution in [3.63, 3.8) is 0 Å². The van der Waals surface area contributed by atoms with Gasteiger partial charge >= 0.3 is 0 Å². The van der Waals surface area contributed by atoms with Gasteiger partial charge in [0.25, 0.3) is 0 Å². The van der Waals surface area contributed by atoms with Gasteiger partial charge in [0.1, 0.15) is 73.2 Å². The zero-order chi connectivity index (χ0) is 27.6. The van der Waals surface area contributed by atoms with Gasteiger partial charge in [0.15, 0.2) is 18.9 Å². The number of carbonyl (C=O) groups is 1. The summed E-state index contributed by atoms with van der Waals surface area (Å²) in [5.74, 6) is -0.694. The molecule has 0 radical (unpaired) electrons. The largest absolute Gasteiger partial charge is 0.394 e. The van der Waals surface area contributed by atoms with Crippen LogP contribution < -0.4 is 5.32 Å². The molecule has 3 aliphatic rings. The molecule has 11 N–H and O–H groups in total.